The summed E-state index contributed by atoms with van der Waals surface area (Å²) in [5, 5.41) is 0. The van der Waals surface area contributed by atoms with E-state index in [0.29, 0.717) is 0 Å². The Bertz CT molecular complexity index is 290. The van der Waals surface area contributed by atoms with E-state index in [2.05, 4.69) is 28.9 Å². The molecule has 2 N–H and O–H groups in total. The third-order valence-electron chi connectivity index (χ3n) is 2.86. The highest BCUT2D eigenvalue weighted by Gasteiger charge is 2.26. The quantitative estimate of drug-likeness (QED) is 0.876. The molecule has 1 aromatic rings. The molecule has 1 aromatic heterocycles. The molecule has 0 aliphatic heterocycles. The van der Waals surface area contributed by atoms with Gasteiger partial charge in [-0.3, -0.25) is 0 Å². The van der Waals surface area contributed by atoms with Crippen LogP contribution >= 0.6 is 39.7 Å². The van der Waals surface area contributed by atoms with Gasteiger partial charge in [-0.2, -0.15) is 0 Å². The first-order valence-electron chi connectivity index (χ1n) is 4.70. The zero-order valence-electron chi connectivity index (χ0n) is 8.13. The fourth-order valence-electron chi connectivity index (χ4n) is 1.68. The Balaban J connectivity index is 0.000000980. The molecule has 0 spiro atoms. The lowest BCUT2D eigenvalue weighted by atomic mass is 9.79. The second kappa shape index (κ2) is 4.97. The molecule has 0 radical (unpaired) electrons. The molecule has 0 bridgehead atoms. The van der Waals surface area contributed by atoms with E-state index >= 15 is 0 Å². The highest BCUT2D eigenvalue weighted by molar-refractivity contribution is 9.11. The molecule has 0 amide bonds. The molecule has 1 aliphatic carbocycles. The van der Waals surface area contributed by atoms with Crippen molar-refractivity contribution in [3.63, 3.8) is 0 Å². The number of hydrogen-bond acceptors (Lipinski definition) is 2. The SMILES string of the molecule is Cc1cc([C@H](N)C2CCC2)sc1Br.Cl. The van der Waals surface area contributed by atoms with E-state index in [0.717, 1.165) is 5.92 Å². The Morgan fingerprint density at radius 3 is 2.57 bits per heavy atom. The molecule has 1 nitrogen and oxygen atoms in total. The van der Waals surface area contributed by atoms with Gasteiger partial charge in [0.25, 0.3) is 0 Å². The molecular weight excluding hydrogens is 282 g/mol. The lowest BCUT2D eigenvalue weighted by molar-refractivity contribution is 0.267. The van der Waals surface area contributed by atoms with Gasteiger partial charge < -0.3 is 5.73 Å². The van der Waals surface area contributed by atoms with Crippen molar-refractivity contribution in [3.8, 4) is 0 Å². The van der Waals surface area contributed by atoms with Crippen LogP contribution in [0.25, 0.3) is 0 Å². The van der Waals surface area contributed by atoms with Crippen LogP contribution in [0.15, 0.2) is 9.85 Å². The van der Waals surface area contributed by atoms with Gasteiger partial charge in [-0.25, -0.2) is 0 Å². The lowest BCUT2D eigenvalue weighted by Gasteiger charge is -2.30. The van der Waals surface area contributed by atoms with Crippen molar-refractivity contribution < 1.29 is 0 Å². The van der Waals surface area contributed by atoms with Gasteiger partial charge in [-0.1, -0.05) is 6.42 Å². The molecule has 2 rings (SSSR count). The van der Waals surface area contributed by atoms with E-state index in [-0.39, 0.29) is 18.4 Å². The van der Waals surface area contributed by atoms with Gasteiger partial charge in [-0.15, -0.1) is 23.7 Å². The van der Waals surface area contributed by atoms with Gasteiger partial charge in [0, 0.05) is 10.9 Å². The van der Waals surface area contributed by atoms with E-state index < -0.39 is 0 Å². The number of hydrogen-bond donors (Lipinski definition) is 1. The summed E-state index contributed by atoms with van der Waals surface area (Å²) in [6, 6.07) is 2.50. The molecule has 1 fully saturated rings. The maximum Gasteiger partial charge on any atom is 0.0731 e. The average molecular weight is 297 g/mol. The average Bonchev–Trinajstić information content (AvgIpc) is 2.28. The molecule has 0 saturated heterocycles. The van der Waals surface area contributed by atoms with Crippen LogP contribution in [0.1, 0.15) is 35.7 Å². The smallest absolute Gasteiger partial charge is 0.0731 e. The van der Waals surface area contributed by atoms with Gasteiger partial charge in [0.2, 0.25) is 0 Å². The third-order valence-corrected chi connectivity index (χ3v) is 5.10. The van der Waals surface area contributed by atoms with Crippen LogP contribution in [0.2, 0.25) is 0 Å². The largest absolute Gasteiger partial charge is 0.323 e. The van der Waals surface area contributed by atoms with Crippen molar-refractivity contribution in [2.24, 2.45) is 11.7 Å². The number of aryl methyl sites for hydroxylation is 1. The van der Waals surface area contributed by atoms with Crippen LogP contribution in [0, 0.1) is 12.8 Å². The van der Waals surface area contributed by atoms with E-state index in [4.69, 9.17) is 5.73 Å². The molecule has 0 unspecified atom stereocenters. The van der Waals surface area contributed by atoms with Crippen LogP contribution < -0.4 is 5.73 Å². The first-order chi connectivity index (χ1) is 6.18. The predicted octanol–water partition coefficient (Wildman–Crippen LogP) is 4.04. The topological polar surface area (TPSA) is 26.0 Å². The van der Waals surface area contributed by atoms with Crippen LogP contribution in [0.5, 0.6) is 0 Å². The molecule has 1 saturated carbocycles. The zero-order chi connectivity index (χ0) is 9.42. The van der Waals surface area contributed by atoms with Crippen LogP contribution in [-0.4, -0.2) is 0 Å². The van der Waals surface area contributed by atoms with E-state index in [1.54, 1.807) is 11.3 Å². The normalized spacial score (nSPS) is 18.5. The highest BCUT2D eigenvalue weighted by atomic mass is 79.9. The van der Waals surface area contributed by atoms with Gasteiger partial charge in [0.15, 0.2) is 0 Å². The summed E-state index contributed by atoms with van der Waals surface area (Å²) in [6.45, 7) is 2.12. The standard InChI is InChI=1S/C10H14BrNS.ClH/c1-6-5-8(13-10(6)11)9(12)7-3-2-4-7;/h5,7,9H,2-4,12H2,1H3;1H/t9-;/m1./s1. The fraction of sp³-hybridized carbons (Fsp3) is 0.600. The molecule has 1 aliphatic rings. The summed E-state index contributed by atoms with van der Waals surface area (Å²) in [6.07, 6.45) is 4.00. The Hall–Kier alpha value is 0.430. The predicted molar refractivity (Wildman–Crippen MR) is 68.3 cm³/mol. The Labute approximate surface area is 104 Å². The minimum Gasteiger partial charge on any atom is -0.323 e. The van der Waals surface area contributed by atoms with Crippen molar-refractivity contribution in [1.82, 2.24) is 0 Å². The number of thiophene rings is 1. The van der Waals surface area contributed by atoms with Gasteiger partial charge in [0.1, 0.15) is 0 Å². The number of halogens is 2. The zero-order valence-corrected chi connectivity index (χ0v) is 11.3. The fourth-order valence-corrected chi connectivity index (χ4v) is 3.35. The minimum atomic E-state index is 0. The maximum atomic E-state index is 6.17. The van der Waals surface area contributed by atoms with Crippen molar-refractivity contribution in [2.45, 2.75) is 32.2 Å². The lowest BCUT2D eigenvalue weighted by Crippen LogP contribution is -2.25. The Morgan fingerprint density at radius 1 is 1.57 bits per heavy atom. The number of rotatable bonds is 2. The third kappa shape index (κ3) is 2.32. The van der Waals surface area contributed by atoms with Gasteiger partial charge in [-0.05, 0) is 53.2 Å². The van der Waals surface area contributed by atoms with E-state index in [1.165, 1.54) is 33.5 Å². The summed E-state index contributed by atoms with van der Waals surface area (Å²) in [7, 11) is 0. The second-order valence-electron chi connectivity index (χ2n) is 3.82. The molecule has 80 valence electrons. The van der Waals surface area contributed by atoms with Gasteiger partial charge >= 0.3 is 0 Å². The molecule has 14 heavy (non-hydrogen) atoms. The van der Waals surface area contributed by atoms with Crippen LogP contribution in [-0.2, 0) is 0 Å². The molecule has 4 heteroatoms. The maximum absolute atomic E-state index is 6.17. The van der Waals surface area contributed by atoms with Gasteiger partial charge in [0.05, 0.1) is 3.79 Å². The van der Waals surface area contributed by atoms with E-state index in [9.17, 15) is 0 Å². The van der Waals surface area contributed by atoms with Crippen LogP contribution in [0.4, 0.5) is 0 Å². The highest BCUT2D eigenvalue weighted by Crippen LogP contribution is 2.40. The second-order valence-corrected chi connectivity index (χ2v) is 6.22. The first-order valence-corrected chi connectivity index (χ1v) is 6.31. The van der Waals surface area contributed by atoms with Crippen molar-refractivity contribution in [2.75, 3.05) is 0 Å². The number of nitrogens with two attached hydrogens (primary N) is 1. The molecule has 1 heterocycles. The molecular formula is C10H15BrClNS. The van der Waals surface area contributed by atoms with Crippen molar-refractivity contribution in [3.05, 3.63) is 20.3 Å². The first kappa shape index (κ1) is 12.5. The van der Waals surface area contributed by atoms with Crippen molar-refractivity contribution in [1.29, 1.82) is 0 Å². The van der Waals surface area contributed by atoms with Crippen LogP contribution in [0.3, 0.4) is 0 Å². The van der Waals surface area contributed by atoms with Crippen molar-refractivity contribution >= 4 is 39.7 Å². The summed E-state index contributed by atoms with van der Waals surface area (Å²) < 4.78 is 1.23. The molecule has 0 aromatic carbocycles. The summed E-state index contributed by atoms with van der Waals surface area (Å²) >= 11 is 5.33. The summed E-state index contributed by atoms with van der Waals surface area (Å²) in [5.74, 6) is 0.741. The summed E-state index contributed by atoms with van der Waals surface area (Å²) in [4.78, 5) is 1.34. The Kier molecular flexibility index (Phi) is 4.44. The summed E-state index contributed by atoms with van der Waals surface area (Å²) in [5.41, 5.74) is 7.49. The van der Waals surface area contributed by atoms with E-state index in [1.807, 2.05) is 0 Å². The monoisotopic (exact) mass is 295 g/mol. The molecule has 1 atom stereocenters. The minimum absolute atomic E-state index is 0. The Morgan fingerprint density at radius 2 is 2.21 bits per heavy atom.